The Hall–Kier alpha value is -0.120. The highest BCUT2D eigenvalue weighted by molar-refractivity contribution is 4.99. The second kappa shape index (κ2) is 4.04. The Balaban J connectivity index is 1.69. The van der Waals surface area contributed by atoms with E-state index in [4.69, 9.17) is 9.47 Å². The summed E-state index contributed by atoms with van der Waals surface area (Å²) in [5.41, 5.74) is 0.110. The lowest BCUT2D eigenvalue weighted by Crippen LogP contribution is -2.60. The van der Waals surface area contributed by atoms with Crippen LogP contribution in [0.25, 0.3) is 0 Å². The molecule has 1 saturated carbocycles. The Morgan fingerprint density at radius 1 is 1.13 bits per heavy atom. The van der Waals surface area contributed by atoms with E-state index in [0.717, 1.165) is 45.1 Å². The summed E-state index contributed by atoms with van der Waals surface area (Å²) in [5.74, 6) is 0.976. The van der Waals surface area contributed by atoms with Crippen LogP contribution in [-0.2, 0) is 9.47 Å². The van der Waals surface area contributed by atoms with Crippen molar-refractivity contribution in [3.63, 3.8) is 0 Å². The van der Waals surface area contributed by atoms with Gasteiger partial charge in [-0.05, 0) is 12.3 Å². The van der Waals surface area contributed by atoms with E-state index in [1.165, 1.54) is 19.3 Å². The number of hydrogen-bond acceptors (Lipinski definition) is 3. The van der Waals surface area contributed by atoms with E-state index in [2.05, 4.69) is 5.32 Å². The van der Waals surface area contributed by atoms with Gasteiger partial charge in [0, 0.05) is 38.6 Å². The van der Waals surface area contributed by atoms with Gasteiger partial charge in [0.15, 0.2) is 0 Å². The highest BCUT2D eigenvalue weighted by Gasteiger charge is 2.45. The molecule has 0 amide bonds. The van der Waals surface area contributed by atoms with E-state index in [1.54, 1.807) is 0 Å². The number of morpholine rings is 1. The first-order valence-corrected chi connectivity index (χ1v) is 6.34. The molecule has 1 aliphatic carbocycles. The van der Waals surface area contributed by atoms with E-state index >= 15 is 0 Å². The predicted octanol–water partition coefficient (Wildman–Crippen LogP) is 1.32. The van der Waals surface area contributed by atoms with Crippen LogP contribution in [0, 0.1) is 5.92 Å². The zero-order chi connectivity index (χ0) is 10.1. The monoisotopic (exact) mass is 211 g/mol. The lowest BCUT2D eigenvalue weighted by atomic mass is 9.82. The zero-order valence-corrected chi connectivity index (χ0v) is 9.34. The van der Waals surface area contributed by atoms with Crippen LogP contribution in [0.2, 0.25) is 0 Å². The molecule has 3 fully saturated rings. The van der Waals surface area contributed by atoms with Gasteiger partial charge in [-0.25, -0.2) is 0 Å². The van der Waals surface area contributed by atoms with Crippen LogP contribution in [0.5, 0.6) is 0 Å². The van der Waals surface area contributed by atoms with Crippen molar-refractivity contribution < 1.29 is 9.47 Å². The Kier molecular flexibility index (Phi) is 2.71. The van der Waals surface area contributed by atoms with Crippen LogP contribution in [0.3, 0.4) is 0 Å². The summed E-state index contributed by atoms with van der Waals surface area (Å²) in [5, 5.41) is 3.67. The molecule has 2 aliphatic heterocycles. The van der Waals surface area contributed by atoms with Gasteiger partial charge < -0.3 is 14.8 Å². The molecule has 86 valence electrons. The highest BCUT2D eigenvalue weighted by atomic mass is 16.5. The van der Waals surface area contributed by atoms with Crippen LogP contribution in [0.4, 0.5) is 0 Å². The fourth-order valence-corrected chi connectivity index (χ4v) is 2.97. The van der Waals surface area contributed by atoms with Crippen LogP contribution >= 0.6 is 0 Å². The predicted molar refractivity (Wildman–Crippen MR) is 57.9 cm³/mol. The number of nitrogens with one attached hydrogen (secondary N) is 1. The fraction of sp³-hybridized carbons (Fsp3) is 1.00. The molecule has 3 heteroatoms. The quantitative estimate of drug-likeness (QED) is 0.747. The van der Waals surface area contributed by atoms with Gasteiger partial charge in [0.05, 0.1) is 12.2 Å². The van der Waals surface area contributed by atoms with Gasteiger partial charge in [-0.3, -0.25) is 0 Å². The first kappa shape index (κ1) is 10.1. The minimum Gasteiger partial charge on any atom is -0.381 e. The van der Waals surface area contributed by atoms with Gasteiger partial charge in [-0.2, -0.15) is 0 Å². The summed E-state index contributed by atoms with van der Waals surface area (Å²) in [7, 11) is 0. The molecule has 2 heterocycles. The van der Waals surface area contributed by atoms with Crippen molar-refractivity contribution in [2.24, 2.45) is 5.92 Å². The van der Waals surface area contributed by atoms with Crippen molar-refractivity contribution in [3.05, 3.63) is 0 Å². The molecule has 2 saturated heterocycles. The van der Waals surface area contributed by atoms with Gasteiger partial charge >= 0.3 is 0 Å². The lowest BCUT2D eigenvalue weighted by molar-refractivity contribution is -0.149. The summed E-state index contributed by atoms with van der Waals surface area (Å²) in [6.07, 6.45) is 6.35. The standard InChI is InChI=1S/C12H21NO2/c1-2-10(1)9-11-12(15-8-5-13-11)3-6-14-7-4-12/h10-11,13H,1-9H2. The average Bonchev–Trinajstić information content (AvgIpc) is 3.07. The molecule has 3 nitrogen and oxygen atoms in total. The molecular weight excluding hydrogens is 190 g/mol. The normalized spacial score (nSPS) is 35.6. The summed E-state index contributed by atoms with van der Waals surface area (Å²) < 4.78 is 11.6. The van der Waals surface area contributed by atoms with Crippen molar-refractivity contribution >= 4 is 0 Å². The van der Waals surface area contributed by atoms with E-state index < -0.39 is 0 Å². The lowest BCUT2D eigenvalue weighted by Gasteiger charge is -2.47. The van der Waals surface area contributed by atoms with Crippen molar-refractivity contribution in [1.29, 1.82) is 0 Å². The van der Waals surface area contributed by atoms with Crippen LogP contribution in [0.1, 0.15) is 32.1 Å². The summed E-state index contributed by atoms with van der Waals surface area (Å²) in [4.78, 5) is 0. The van der Waals surface area contributed by atoms with E-state index in [9.17, 15) is 0 Å². The molecule has 0 aromatic heterocycles. The first-order valence-electron chi connectivity index (χ1n) is 6.34. The molecule has 0 aromatic carbocycles. The third-order valence-corrected chi connectivity index (χ3v) is 4.12. The minimum atomic E-state index is 0.110. The van der Waals surface area contributed by atoms with E-state index in [-0.39, 0.29) is 5.60 Å². The molecule has 3 rings (SSSR count). The maximum atomic E-state index is 6.11. The van der Waals surface area contributed by atoms with Gasteiger partial charge in [0.25, 0.3) is 0 Å². The number of hydrogen-bond donors (Lipinski definition) is 1. The second-order valence-corrected chi connectivity index (χ2v) is 5.21. The Morgan fingerprint density at radius 2 is 1.93 bits per heavy atom. The number of ether oxygens (including phenoxy) is 2. The van der Waals surface area contributed by atoms with Crippen LogP contribution in [-0.4, -0.2) is 38.0 Å². The zero-order valence-electron chi connectivity index (χ0n) is 9.34. The Bertz CT molecular complexity index is 213. The Labute approximate surface area is 91.5 Å². The smallest absolute Gasteiger partial charge is 0.0879 e. The third kappa shape index (κ3) is 2.05. The Morgan fingerprint density at radius 3 is 2.67 bits per heavy atom. The first-order chi connectivity index (χ1) is 7.39. The SMILES string of the molecule is C1COC2(CCOCC2)C(CC2CC2)N1. The molecule has 0 bridgehead atoms. The molecular formula is C12H21NO2. The summed E-state index contributed by atoms with van der Waals surface area (Å²) in [6.45, 7) is 3.66. The minimum absolute atomic E-state index is 0.110. The largest absolute Gasteiger partial charge is 0.381 e. The van der Waals surface area contributed by atoms with E-state index in [1.807, 2.05) is 0 Å². The van der Waals surface area contributed by atoms with Crippen molar-refractivity contribution in [3.8, 4) is 0 Å². The van der Waals surface area contributed by atoms with Gasteiger partial charge in [-0.1, -0.05) is 12.8 Å². The van der Waals surface area contributed by atoms with Crippen molar-refractivity contribution in [2.45, 2.75) is 43.7 Å². The molecule has 1 N–H and O–H groups in total. The van der Waals surface area contributed by atoms with Gasteiger partial charge in [0.1, 0.15) is 0 Å². The molecule has 0 aromatic rings. The van der Waals surface area contributed by atoms with Crippen LogP contribution in [0.15, 0.2) is 0 Å². The molecule has 1 atom stereocenters. The molecule has 1 unspecified atom stereocenters. The average molecular weight is 211 g/mol. The maximum Gasteiger partial charge on any atom is 0.0879 e. The second-order valence-electron chi connectivity index (χ2n) is 5.21. The molecule has 3 aliphatic rings. The number of rotatable bonds is 2. The maximum absolute atomic E-state index is 6.11. The highest BCUT2D eigenvalue weighted by Crippen LogP contribution is 2.40. The van der Waals surface area contributed by atoms with Crippen molar-refractivity contribution in [2.75, 3.05) is 26.4 Å². The van der Waals surface area contributed by atoms with Gasteiger partial charge in [-0.15, -0.1) is 0 Å². The van der Waals surface area contributed by atoms with Crippen molar-refractivity contribution in [1.82, 2.24) is 5.32 Å². The topological polar surface area (TPSA) is 30.5 Å². The summed E-state index contributed by atoms with van der Waals surface area (Å²) in [6, 6.07) is 0.586. The third-order valence-electron chi connectivity index (χ3n) is 4.12. The van der Waals surface area contributed by atoms with Crippen LogP contribution < -0.4 is 5.32 Å². The molecule has 0 radical (unpaired) electrons. The molecule has 15 heavy (non-hydrogen) atoms. The van der Waals surface area contributed by atoms with E-state index in [0.29, 0.717) is 6.04 Å². The summed E-state index contributed by atoms with van der Waals surface area (Å²) >= 11 is 0. The molecule has 1 spiro atoms. The van der Waals surface area contributed by atoms with Gasteiger partial charge in [0.2, 0.25) is 0 Å². The fourth-order valence-electron chi connectivity index (χ4n) is 2.97.